The molecular weight excluding hydrogens is 250 g/mol. The van der Waals surface area contributed by atoms with Gasteiger partial charge in [0.25, 0.3) is 0 Å². The van der Waals surface area contributed by atoms with Gasteiger partial charge in [-0.15, -0.1) is 0 Å². The number of rotatable bonds is 6. The SMILES string of the molecule is [CH2]CC(C[CH2])(C[CH2])COC(=O)Nc1ccc(C)c([CH2])c1. The lowest BCUT2D eigenvalue weighted by molar-refractivity contribution is 0.0933. The second-order valence-electron chi connectivity index (χ2n) is 5.09. The minimum absolute atomic E-state index is 0.234. The number of hydrogen-bond donors (Lipinski definition) is 1. The zero-order valence-corrected chi connectivity index (χ0v) is 12.2. The van der Waals surface area contributed by atoms with Crippen LogP contribution >= 0.6 is 0 Å². The molecule has 1 rings (SSSR count). The Bertz CT molecular complexity index is 442. The average molecular weight is 273 g/mol. The van der Waals surface area contributed by atoms with Crippen LogP contribution in [0.2, 0.25) is 0 Å². The highest BCUT2D eigenvalue weighted by molar-refractivity contribution is 5.84. The Kier molecular flexibility index (Phi) is 6.05. The van der Waals surface area contributed by atoms with Gasteiger partial charge >= 0.3 is 6.09 Å². The smallest absolute Gasteiger partial charge is 0.411 e. The minimum Gasteiger partial charge on any atom is -0.449 e. The second-order valence-corrected chi connectivity index (χ2v) is 5.09. The molecule has 0 heterocycles. The summed E-state index contributed by atoms with van der Waals surface area (Å²) in [4.78, 5) is 11.8. The van der Waals surface area contributed by atoms with Crippen LogP contribution in [0.25, 0.3) is 0 Å². The molecule has 20 heavy (non-hydrogen) atoms. The summed E-state index contributed by atoms with van der Waals surface area (Å²) in [6.07, 6.45) is 1.44. The molecule has 4 radical (unpaired) electrons. The highest BCUT2D eigenvalue weighted by Crippen LogP contribution is 2.30. The zero-order chi connectivity index (χ0) is 15.2. The van der Waals surface area contributed by atoms with E-state index in [1.807, 2.05) is 25.1 Å². The third-order valence-corrected chi connectivity index (χ3v) is 3.70. The van der Waals surface area contributed by atoms with Crippen molar-refractivity contribution < 1.29 is 9.53 Å². The van der Waals surface area contributed by atoms with E-state index in [1.54, 1.807) is 0 Å². The van der Waals surface area contributed by atoms with E-state index < -0.39 is 6.09 Å². The molecule has 0 spiro atoms. The number of ether oxygens (including phenoxy) is 1. The van der Waals surface area contributed by atoms with E-state index in [0.717, 1.165) is 11.1 Å². The number of carbonyl (C=O) groups excluding carboxylic acids is 1. The first-order valence-corrected chi connectivity index (χ1v) is 6.70. The normalized spacial score (nSPS) is 11.2. The molecule has 0 unspecified atom stereocenters. The van der Waals surface area contributed by atoms with Gasteiger partial charge in [-0.25, -0.2) is 4.79 Å². The van der Waals surface area contributed by atoms with Gasteiger partial charge in [-0.05, 0) is 56.4 Å². The summed E-state index contributed by atoms with van der Waals surface area (Å²) in [5.41, 5.74) is 2.40. The van der Waals surface area contributed by atoms with Gasteiger partial charge in [-0.3, -0.25) is 5.32 Å². The predicted molar refractivity (Wildman–Crippen MR) is 83.0 cm³/mol. The van der Waals surface area contributed by atoms with E-state index in [1.165, 1.54) is 0 Å². The van der Waals surface area contributed by atoms with Gasteiger partial charge in [0.1, 0.15) is 0 Å². The lowest BCUT2D eigenvalue weighted by Gasteiger charge is -2.29. The Morgan fingerprint density at radius 2 is 1.85 bits per heavy atom. The third kappa shape index (κ3) is 4.26. The van der Waals surface area contributed by atoms with Crippen molar-refractivity contribution in [3.8, 4) is 0 Å². The van der Waals surface area contributed by atoms with Crippen LogP contribution in [0.15, 0.2) is 18.2 Å². The van der Waals surface area contributed by atoms with E-state index in [0.29, 0.717) is 24.9 Å². The van der Waals surface area contributed by atoms with Crippen molar-refractivity contribution >= 4 is 11.8 Å². The Morgan fingerprint density at radius 3 is 2.35 bits per heavy atom. The van der Waals surface area contributed by atoms with Crippen LogP contribution in [0, 0.1) is 40.0 Å². The molecule has 1 aromatic rings. The first-order valence-electron chi connectivity index (χ1n) is 6.70. The molecule has 0 aliphatic heterocycles. The summed E-state index contributed by atoms with van der Waals surface area (Å²) in [7, 11) is 0. The number of anilines is 1. The fourth-order valence-electron chi connectivity index (χ4n) is 1.71. The maximum Gasteiger partial charge on any atom is 0.411 e. The highest BCUT2D eigenvalue weighted by Gasteiger charge is 2.26. The van der Waals surface area contributed by atoms with Gasteiger partial charge in [0, 0.05) is 11.1 Å². The summed E-state index contributed by atoms with van der Waals surface area (Å²) in [5, 5.41) is 2.69. The summed E-state index contributed by atoms with van der Waals surface area (Å²) in [6, 6.07) is 5.54. The van der Waals surface area contributed by atoms with Crippen molar-refractivity contribution in [1.29, 1.82) is 0 Å². The highest BCUT2D eigenvalue weighted by atomic mass is 16.5. The lowest BCUT2D eigenvalue weighted by Crippen LogP contribution is -2.28. The van der Waals surface area contributed by atoms with Crippen LogP contribution in [0.4, 0.5) is 10.5 Å². The molecule has 3 heteroatoms. The summed E-state index contributed by atoms with van der Waals surface area (Å²) in [5.74, 6) is 0. The number of benzene rings is 1. The first kappa shape index (κ1) is 16.5. The number of nitrogens with one attached hydrogen (secondary N) is 1. The van der Waals surface area contributed by atoms with Crippen molar-refractivity contribution in [3.63, 3.8) is 0 Å². The quantitative estimate of drug-likeness (QED) is 0.835. The molecule has 108 valence electrons. The van der Waals surface area contributed by atoms with Crippen LogP contribution in [-0.4, -0.2) is 12.7 Å². The second kappa shape index (κ2) is 7.32. The molecule has 0 saturated heterocycles. The Labute approximate surface area is 122 Å². The van der Waals surface area contributed by atoms with Crippen molar-refractivity contribution in [2.24, 2.45) is 5.41 Å². The molecule has 1 N–H and O–H groups in total. The van der Waals surface area contributed by atoms with Crippen LogP contribution < -0.4 is 5.32 Å². The molecule has 0 saturated carbocycles. The van der Waals surface area contributed by atoms with E-state index in [9.17, 15) is 4.79 Å². The number of amides is 1. The molecule has 0 fully saturated rings. The molecule has 0 aliphatic rings. The van der Waals surface area contributed by atoms with Crippen molar-refractivity contribution in [1.82, 2.24) is 0 Å². The van der Waals surface area contributed by atoms with E-state index >= 15 is 0 Å². The fourth-order valence-corrected chi connectivity index (χ4v) is 1.71. The van der Waals surface area contributed by atoms with Gasteiger partial charge in [-0.1, -0.05) is 26.8 Å². The van der Waals surface area contributed by atoms with Crippen LogP contribution in [0.5, 0.6) is 0 Å². The van der Waals surface area contributed by atoms with Gasteiger partial charge < -0.3 is 4.74 Å². The summed E-state index contributed by atoms with van der Waals surface area (Å²) >= 11 is 0. The van der Waals surface area contributed by atoms with E-state index in [2.05, 4.69) is 33.0 Å². The van der Waals surface area contributed by atoms with Gasteiger partial charge in [-0.2, -0.15) is 0 Å². The minimum atomic E-state index is -0.479. The molecule has 0 atom stereocenters. The molecule has 1 aromatic carbocycles. The molecular formula is C17H23NO2. The third-order valence-electron chi connectivity index (χ3n) is 3.70. The summed E-state index contributed by atoms with van der Waals surface area (Å²) in [6.45, 7) is 17.8. The van der Waals surface area contributed by atoms with Gasteiger partial charge in [0.05, 0.1) is 6.61 Å². The predicted octanol–water partition coefficient (Wildman–Crippen LogP) is 4.38. The zero-order valence-electron chi connectivity index (χ0n) is 12.2. The number of carbonyl (C=O) groups is 1. The average Bonchev–Trinajstić information content (AvgIpc) is 2.45. The molecule has 0 aliphatic carbocycles. The van der Waals surface area contributed by atoms with Crippen molar-refractivity contribution in [3.05, 3.63) is 57.0 Å². The molecule has 3 nitrogen and oxygen atoms in total. The monoisotopic (exact) mass is 273 g/mol. The first-order chi connectivity index (χ1) is 9.46. The number of aryl methyl sites for hydroxylation is 1. The number of hydrogen-bond acceptors (Lipinski definition) is 2. The van der Waals surface area contributed by atoms with E-state index in [-0.39, 0.29) is 12.0 Å². The van der Waals surface area contributed by atoms with Gasteiger partial charge in [0.2, 0.25) is 0 Å². The fraction of sp³-hybridized carbons (Fsp3) is 0.353. The molecule has 0 aromatic heterocycles. The van der Waals surface area contributed by atoms with Crippen molar-refractivity contribution in [2.45, 2.75) is 26.2 Å². The molecule has 0 bridgehead atoms. The van der Waals surface area contributed by atoms with Crippen LogP contribution in [0.1, 0.15) is 30.4 Å². The Morgan fingerprint density at radius 1 is 1.25 bits per heavy atom. The standard InChI is InChI=1S/C17H23NO2/c1-6-17(7-2,8-3)12-20-16(19)18-15-10-9-13(4)14(5)11-15/h9-11H,1-3,5-8,12H2,4H3,(H,18,19). The van der Waals surface area contributed by atoms with Gasteiger partial charge in [0.15, 0.2) is 0 Å². The topological polar surface area (TPSA) is 38.3 Å². The van der Waals surface area contributed by atoms with Crippen LogP contribution in [0.3, 0.4) is 0 Å². The molecule has 1 amide bonds. The maximum absolute atomic E-state index is 11.8. The van der Waals surface area contributed by atoms with Crippen molar-refractivity contribution in [2.75, 3.05) is 11.9 Å². The van der Waals surface area contributed by atoms with Crippen LogP contribution in [-0.2, 0) is 4.74 Å². The van der Waals surface area contributed by atoms with E-state index in [4.69, 9.17) is 4.74 Å². The Hall–Kier alpha value is -1.51. The maximum atomic E-state index is 11.8. The lowest BCUT2D eigenvalue weighted by atomic mass is 9.81. The largest absolute Gasteiger partial charge is 0.449 e. The summed E-state index contributed by atoms with van der Waals surface area (Å²) < 4.78 is 5.26. The Balaban J connectivity index is 2.57.